The molecule has 3 heteroatoms. The van der Waals surface area contributed by atoms with Crippen molar-refractivity contribution in [1.29, 1.82) is 0 Å². The largest absolute Gasteiger partial charge is 0.379 e. The molecule has 0 spiro atoms. The summed E-state index contributed by atoms with van der Waals surface area (Å²) in [6.45, 7) is 7.49. The van der Waals surface area contributed by atoms with Crippen LogP contribution >= 0.6 is 12.6 Å². The molecule has 0 atom stereocenters. The minimum atomic E-state index is 0.617. The lowest BCUT2D eigenvalue weighted by Gasteiger charge is -2.07. The second-order valence-corrected chi connectivity index (χ2v) is 4.67. The van der Waals surface area contributed by atoms with Gasteiger partial charge in [-0.2, -0.15) is 12.6 Å². The van der Waals surface area contributed by atoms with Gasteiger partial charge in [0.2, 0.25) is 0 Å². The number of rotatable bonds is 11. The van der Waals surface area contributed by atoms with Crippen LogP contribution in [0.2, 0.25) is 0 Å². The van der Waals surface area contributed by atoms with Crippen molar-refractivity contribution in [2.75, 3.05) is 32.2 Å². The highest BCUT2D eigenvalue weighted by atomic mass is 32.1. The maximum Gasteiger partial charge on any atom is 0.0700 e. The van der Waals surface area contributed by atoms with E-state index in [1.165, 1.54) is 19.3 Å². The molecule has 0 aliphatic rings. The van der Waals surface area contributed by atoms with Gasteiger partial charge in [0.1, 0.15) is 0 Å². The number of hydrogen-bond acceptors (Lipinski definition) is 3. The van der Waals surface area contributed by atoms with Gasteiger partial charge in [0.25, 0.3) is 0 Å². The predicted octanol–water partition coefficient (Wildman–Crippen LogP) is 3.17. The molecule has 0 aliphatic carbocycles. The summed E-state index contributed by atoms with van der Waals surface area (Å²) in [5.41, 5.74) is 0. The second-order valence-electron chi connectivity index (χ2n) is 4.22. The molecule has 0 radical (unpaired) electrons. The Morgan fingerprint density at radius 1 is 0.867 bits per heavy atom. The molecule has 0 rings (SSSR count). The van der Waals surface area contributed by atoms with Crippen molar-refractivity contribution in [3.63, 3.8) is 0 Å². The highest BCUT2D eigenvalue weighted by Gasteiger charge is 1.94. The molecular weight excluding hydrogens is 208 g/mol. The second kappa shape index (κ2) is 12.3. The predicted molar refractivity (Wildman–Crippen MR) is 68.8 cm³/mol. The number of thiol groups is 1. The topological polar surface area (TPSA) is 18.5 Å². The summed E-state index contributed by atoms with van der Waals surface area (Å²) in [5.74, 6) is 1.62. The summed E-state index contributed by atoms with van der Waals surface area (Å²) >= 11 is 4.17. The summed E-state index contributed by atoms with van der Waals surface area (Å²) in [5, 5.41) is 0. The fraction of sp³-hybridized carbons (Fsp3) is 1.00. The van der Waals surface area contributed by atoms with Gasteiger partial charge < -0.3 is 9.47 Å². The molecule has 0 heterocycles. The van der Waals surface area contributed by atoms with Crippen LogP contribution in [0.15, 0.2) is 0 Å². The zero-order valence-corrected chi connectivity index (χ0v) is 11.1. The minimum Gasteiger partial charge on any atom is -0.379 e. The van der Waals surface area contributed by atoms with E-state index in [2.05, 4.69) is 26.5 Å². The first-order valence-electron chi connectivity index (χ1n) is 6.03. The van der Waals surface area contributed by atoms with Gasteiger partial charge in [-0.3, -0.25) is 0 Å². The van der Waals surface area contributed by atoms with Gasteiger partial charge >= 0.3 is 0 Å². The van der Waals surface area contributed by atoms with Crippen LogP contribution in [-0.2, 0) is 9.47 Å². The van der Waals surface area contributed by atoms with Gasteiger partial charge in [0, 0.05) is 13.2 Å². The van der Waals surface area contributed by atoms with E-state index in [9.17, 15) is 0 Å². The molecule has 0 aromatic heterocycles. The van der Waals surface area contributed by atoms with E-state index in [4.69, 9.17) is 9.47 Å². The van der Waals surface area contributed by atoms with E-state index >= 15 is 0 Å². The monoisotopic (exact) mass is 234 g/mol. The van der Waals surface area contributed by atoms with Crippen molar-refractivity contribution in [3.05, 3.63) is 0 Å². The fourth-order valence-corrected chi connectivity index (χ4v) is 1.43. The maximum absolute atomic E-state index is 5.45. The fourth-order valence-electron chi connectivity index (χ4n) is 1.21. The van der Waals surface area contributed by atoms with Gasteiger partial charge in [0.15, 0.2) is 0 Å². The third-order valence-electron chi connectivity index (χ3n) is 2.02. The number of ether oxygens (including phenoxy) is 2. The van der Waals surface area contributed by atoms with Gasteiger partial charge in [0.05, 0.1) is 13.2 Å². The van der Waals surface area contributed by atoms with Gasteiger partial charge in [-0.1, -0.05) is 26.7 Å². The van der Waals surface area contributed by atoms with Crippen LogP contribution in [-0.4, -0.2) is 32.2 Å². The molecule has 0 aromatic rings. The van der Waals surface area contributed by atoms with Crippen LogP contribution in [0.25, 0.3) is 0 Å². The Bertz CT molecular complexity index is 118. The lowest BCUT2D eigenvalue weighted by molar-refractivity contribution is 0.0366. The van der Waals surface area contributed by atoms with E-state index in [0.29, 0.717) is 5.92 Å². The van der Waals surface area contributed by atoms with Crippen molar-refractivity contribution >= 4 is 12.6 Å². The first-order valence-corrected chi connectivity index (χ1v) is 6.67. The lowest BCUT2D eigenvalue weighted by Crippen LogP contribution is -2.09. The summed E-state index contributed by atoms with van der Waals surface area (Å²) in [6.07, 6.45) is 4.92. The Morgan fingerprint density at radius 2 is 1.53 bits per heavy atom. The molecule has 0 saturated carbocycles. The molecule has 0 bridgehead atoms. The van der Waals surface area contributed by atoms with E-state index in [1.807, 2.05) is 0 Å². The van der Waals surface area contributed by atoms with Crippen LogP contribution in [0, 0.1) is 5.92 Å². The Hall–Kier alpha value is 0.270. The zero-order valence-electron chi connectivity index (χ0n) is 10.2. The molecule has 0 fully saturated rings. The summed E-state index contributed by atoms with van der Waals surface area (Å²) in [7, 11) is 0. The number of hydrogen-bond donors (Lipinski definition) is 1. The van der Waals surface area contributed by atoms with Crippen LogP contribution < -0.4 is 0 Å². The van der Waals surface area contributed by atoms with Gasteiger partial charge in [-0.25, -0.2) is 0 Å². The summed E-state index contributed by atoms with van der Waals surface area (Å²) < 4.78 is 10.9. The average molecular weight is 234 g/mol. The highest BCUT2D eigenvalue weighted by molar-refractivity contribution is 7.80. The van der Waals surface area contributed by atoms with Crippen LogP contribution in [0.5, 0.6) is 0 Å². The molecule has 2 nitrogen and oxygen atoms in total. The molecule has 0 N–H and O–H groups in total. The third kappa shape index (κ3) is 14.3. The van der Waals surface area contributed by atoms with E-state index in [0.717, 1.165) is 38.6 Å². The molecule has 15 heavy (non-hydrogen) atoms. The standard InChI is InChI=1S/C12H26O2S/c1-12(2)11-14-9-8-13-7-5-3-4-6-10-15/h12,15H,3-11H2,1-2H3. The Morgan fingerprint density at radius 3 is 2.20 bits per heavy atom. The smallest absolute Gasteiger partial charge is 0.0700 e. The Labute approximate surface area is 100 Å². The van der Waals surface area contributed by atoms with E-state index in [1.54, 1.807) is 0 Å². The zero-order chi connectivity index (χ0) is 11.4. The lowest BCUT2D eigenvalue weighted by atomic mass is 10.2. The van der Waals surface area contributed by atoms with Crippen LogP contribution in [0.1, 0.15) is 39.5 Å². The average Bonchev–Trinajstić information content (AvgIpc) is 2.20. The normalized spacial score (nSPS) is 11.2. The van der Waals surface area contributed by atoms with Crippen molar-refractivity contribution in [1.82, 2.24) is 0 Å². The van der Waals surface area contributed by atoms with Gasteiger partial charge in [-0.15, -0.1) is 0 Å². The Kier molecular flexibility index (Phi) is 12.6. The van der Waals surface area contributed by atoms with E-state index in [-0.39, 0.29) is 0 Å². The van der Waals surface area contributed by atoms with Gasteiger partial charge in [-0.05, 0) is 24.5 Å². The molecule has 0 amide bonds. The quantitative estimate of drug-likeness (QED) is 0.437. The third-order valence-corrected chi connectivity index (χ3v) is 2.34. The molecule has 0 aromatic carbocycles. The van der Waals surface area contributed by atoms with Crippen LogP contribution in [0.3, 0.4) is 0 Å². The number of unbranched alkanes of at least 4 members (excludes halogenated alkanes) is 3. The van der Waals surface area contributed by atoms with Crippen molar-refractivity contribution < 1.29 is 9.47 Å². The molecule has 0 aliphatic heterocycles. The van der Waals surface area contributed by atoms with Crippen LogP contribution in [0.4, 0.5) is 0 Å². The molecule has 0 saturated heterocycles. The highest BCUT2D eigenvalue weighted by Crippen LogP contribution is 2.01. The van der Waals surface area contributed by atoms with Crippen molar-refractivity contribution in [2.24, 2.45) is 5.92 Å². The SMILES string of the molecule is CC(C)COCCOCCCCCCS. The first kappa shape index (κ1) is 15.3. The van der Waals surface area contributed by atoms with Crippen molar-refractivity contribution in [2.45, 2.75) is 39.5 Å². The summed E-state index contributed by atoms with van der Waals surface area (Å²) in [6, 6.07) is 0. The minimum absolute atomic E-state index is 0.617. The molecule has 92 valence electrons. The van der Waals surface area contributed by atoms with Crippen molar-refractivity contribution in [3.8, 4) is 0 Å². The Balaban J connectivity index is 2.87. The molecular formula is C12H26O2S. The molecule has 0 unspecified atom stereocenters. The first-order chi connectivity index (χ1) is 7.27. The summed E-state index contributed by atoms with van der Waals surface area (Å²) in [4.78, 5) is 0. The van der Waals surface area contributed by atoms with E-state index < -0.39 is 0 Å². The maximum atomic E-state index is 5.45.